The van der Waals surface area contributed by atoms with Gasteiger partial charge in [0.1, 0.15) is 6.07 Å². The molecular weight excluding hydrogens is 318 g/mol. The van der Waals surface area contributed by atoms with Gasteiger partial charge in [0.25, 0.3) is 0 Å². The molecule has 0 aliphatic carbocycles. The maximum absolute atomic E-state index is 9.32. The molecule has 0 unspecified atom stereocenters. The molecule has 0 bridgehead atoms. The smallest absolute Gasteiger partial charge is 0.232 e. The van der Waals surface area contributed by atoms with Gasteiger partial charge in [-0.25, -0.2) is 0 Å². The third-order valence-corrected chi connectivity index (χ3v) is 4.00. The number of ether oxygens (including phenoxy) is 2. The Labute approximate surface area is 144 Å². The Balaban J connectivity index is 1.57. The van der Waals surface area contributed by atoms with E-state index in [4.69, 9.17) is 13.9 Å². The van der Waals surface area contributed by atoms with E-state index in [1.807, 2.05) is 49.4 Å². The van der Waals surface area contributed by atoms with Gasteiger partial charge in [0.05, 0.1) is 0 Å². The predicted octanol–water partition coefficient (Wildman–Crippen LogP) is 3.86. The van der Waals surface area contributed by atoms with Gasteiger partial charge in [0, 0.05) is 12.1 Å². The highest BCUT2D eigenvalue weighted by molar-refractivity contribution is 5.62. The van der Waals surface area contributed by atoms with Crippen molar-refractivity contribution in [1.29, 1.82) is 5.26 Å². The van der Waals surface area contributed by atoms with Crippen molar-refractivity contribution in [2.24, 2.45) is 0 Å². The molecule has 4 rings (SSSR count). The summed E-state index contributed by atoms with van der Waals surface area (Å²) in [7, 11) is 0. The van der Waals surface area contributed by atoms with Gasteiger partial charge in [-0.1, -0.05) is 24.3 Å². The largest absolute Gasteiger partial charge is 0.454 e. The number of hydrogen-bond acceptors (Lipinski definition) is 6. The van der Waals surface area contributed by atoms with E-state index in [-0.39, 0.29) is 12.5 Å². The lowest BCUT2D eigenvalue weighted by Crippen LogP contribution is -1.99. The van der Waals surface area contributed by atoms with Crippen LogP contribution in [-0.4, -0.2) is 11.8 Å². The normalized spacial score (nSPS) is 12.0. The fourth-order valence-electron chi connectivity index (χ4n) is 2.68. The molecule has 0 radical (unpaired) electrons. The molecule has 1 aromatic heterocycles. The van der Waals surface area contributed by atoms with Crippen LogP contribution < -0.4 is 14.8 Å². The number of benzene rings is 2. The van der Waals surface area contributed by atoms with Crippen molar-refractivity contribution in [3.8, 4) is 29.0 Å². The molecular formula is C19H15N3O3. The Morgan fingerprint density at radius 2 is 2.00 bits per heavy atom. The van der Waals surface area contributed by atoms with E-state index < -0.39 is 0 Å². The van der Waals surface area contributed by atoms with Crippen molar-refractivity contribution in [1.82, 2.24) is 4.98 Å². The number of hydrogen-bond donors (Lipinski definition) is 1. The van der Waals surface area contributed by atoms with Crippen LogP contribution in [0.1, 0.15) is 16.8 Å². The Hall–Kier alpha value is -3.46. The first kappa shape index (κ1) is 15.1. The van der Waals surface area contributed by atoms with Gasteiger partial charge in [-0.15, -0.1) is 0 Å². The van der Waals surface area contributed by atoms with E-state index >= 15 is 0 Å². The monoisotopic (exact) mass is 333 g/mol. The Morgan fingerprint density at radius 3 is 2.84 bits per heavy atom. The minimum Gasteiger partial charge on any atom is -0.454 e. The third kappa shape index (κ3) is 2.88. The molecule has 1 N–H and O–H groups in total. The lowest BCUT2D eigenvalue weighted by atomic mass is 10.1. The number of aromatic nitrogens is 1. The fourth-order valence-corrected chi connectivity index (χ4v) is 2.68. The van der Waals surface area contributed by atoms with Crippen LogP contribution in [0.2, 0.25) is 0 Å². The van der Waals surface area contributed by atoms with E-state index in [2.05, 4.69) is 16.4 Å². The number of fused-ring (bicyclic) bond motifs is 1. The summed E-state index contributed by atoms with van der Waals surface area (Å²) in [5.41, 5.74) is 3.13. The van der Waals surface area contributed by atoms with Crippen LogP contribution in [0.15, 0.2) is 46.9 Å². The van der Waals surface area contributed by atoms with E-state index in [9.17, 15) is 5.26 Å². The molecule has 1 aliphatic heterocycles. The zero-order valence-corrected chi connectivity index (χ0v) is 13.6. The number of nitrogens with zero attached hydrogens (tertiary/aromatic N) is 2. The Kier molecular flexibility index (Phi) is 3.75. The van der Waals surface area contributed by atoms with E-state index in [0.29, 0.717) is 18.3 Å². The van der Waals surface area contributed by atoms with Crippen molar-refractivity contribution in [3.63, 3.8) is 0 Å². The maximum atomic E-state index is 9.32. The van der Waals surface area contributed by atoms with Gasteiger partial charge in [-0.3, -0.25) is 0 Å². The first-order chi connectivity index (χ1) is 12.2. The van der Waals surface area contributed by atoms with Crippen LogP contribution in [-0.2, 0) is 6.54 Å². The molecule has 124 valence electrons. The molecule has 3 aromatic rings. The zero-order chi connectivity index (χ0) is 17.2. The molecule has 6 nitrogen and oxygen atoms in total. The minimum atomic E-state index is 0.235. The summed E-state index contributed by atoms with van der Waals surface area (Å²) in [6.45, 7) is 2.70. The van der Waals surface area contributed by atoms with E-state index in [1.54, 1.807) is 0 Å². The van der Waals surface area contributed by atoms with Gasteiger partial charge in [-0.2, -0.15) is 10.2 Å². The van der Waals surface area contributed by atoms with Crippen LogP contribution >= 0.6 is 0 Å². The SMILES string of the molecule is Cc1ccccc1-c1nc(C#N)c(NCc2ccc3c(c2)OCO3)o1. The van der Waals surface area contributed by atoms with Gasteiger partial charge in [0.15, 0.2) is 11.5 Å². The molecule has 25 heavy (non-hydrogen) atoms. The summed E-state index contributed by atoms with van der Waals surface area (Å²) < 4.78 is 16.5. The minimum absolute atomic E-state index is 0.235. The number of aryl methyl sites for hydroxylation is 1. The zero-order valence-electron chi connectivity index (χ0n) is 13.6. The second-order valence-electron chi connectivity index (χ2n) is 5.66. The summed E-state index contributed by atoms with van der Waals surface area (Å²) in [5.74, 6) is 2.25. The summed E-state index contributed by atoms with van der Waals surface area (Å²) in [4.78, 5) is 4.29. The highest BCUT2D eigenvalue weighted by Gasteiger charge is 2.17. The predicted molar refractivity (Wildman–Crippen MR) is 91.3 cm³/mol. The van der Waals surface area contributed by atoms with Crippen molar-refractivity contribution in [2.45, 2.75) is 13.5 Å². The van der Waals surface area contributed by atoms with Crippen LogP contribution in [0.5, 0.6) is 11.5 Å². The third-order valence-electron chi connectivity index (χ3n) is 4.00. The summed E-state index contributed by atoms with van der Waals surface area (Å²) in [6, 6.07) is 15.5. The molecule has 2 heterocycles. The number of oxazole rings is 1. The first-order valence-electron chi connectivity index (χ1n) is 7.84. The highest BCUT2D eigenvalue weighted by Crippen LogP contribution is 2.33. The van der Waals surface area contributed by atoms with Crippen molar-refractivity contribution in [2.75, 3.05) is 12.1 Å². The lowest BCUT2D eigenvalue weighted by Gasteiger charge is -2.05. The maximum Gasteiger partial charge on any atom is 0.232 e. The van der Waals surface area contributed by atoms with Crippen LogP contribution in [0.4, 0.5) is 5.88 Å². The van der Waals surface area contributed by atoms with Gasteiger partial charge >= 0.3 is 0 Å². The standard InChI is InChI=1S/C19H15N3O3/c1-12-4-2-3-5-14(12)18-22-15(9-20)19(25-18)21-10-13-6-7-16-17(8-13)24-11-23-16/h2-8,21H,10-11H2,1H3. The van der Waals surface area contributed by atoms with Crippen LogP contribution in [0, 0.1) is 18.3 Å². The van der Waals surface area contributed by atoms with Gasteiger partial charge in [-0.05, 0) is 36.2 Å². The molecule has 0 saturated heterocycles. The van der Waals surface area contributed by atoms with Crippen molar-refractivity contribution in [3.05, 3.63) is 59.3 Å². The average Bonchev–Trinajstić information content (AvgIpc) is 3.26. The topological polar surface area (TPSA) is 80.3 Å². The number of nitrogens with one attached hydrogen (secondary N) is 1. The van der Waals surface area contributed by atoms with Crippen molar-refractivity contribution < 1.29 is 13.9 Å². The molecule has 0 atom stereocenters. The van der Waals surface area contributed by atoms with E-state index in [0.717, 1.165) is 28.2 Å². The summed E-state index contributed by atoms with van der Waals surface area (Å²) in [6.07, 6.45) is 0. The summed E-state index contributed by atoms with van der Waals surface area (Å²) in [5, 5.41) is 12.5. The van der Waals surface area contributed by atoms with E-state index in [1.165, 1.54) is 0 Å². The first-order valence-corrected chi connectivity index (χ1v) is 7.84. The molecule has 1 aliphatic rings. The van der Waals surface area contributed by atoms with Gasteiger partial charge in [0.2, 0.25) is 24.3 Å². The number of nitriles is 1. The van der Waals surface area contributed by atoms with Crippen LogP contribution in [0.3, 0.4) is 0 Å². The molecule has 0 amide bonds. The number of rotatable bonds is 4. The lowest BCUT2D eigenvalue weighted by molar-refractivity contribution is 0.174. The Bertz CT molecular complexity index is 972. The highest BCUT2D eigenvalue weighted by atomic mass is 16.7. The van der Waals surface area contributed by atoms with Crippen molar-refractivity contribution >= 4 is 5.88 Å². The second-order valence-corrected chi connectivity index (χ2v) is 5.66. The molecule has 2 aromatic carbocycles. The molecule has 6 heteroatoms. The van der Waals surface area contributed by atoms with Gasteiger partial charge < -0.3 is 19.2 Å². The quantitative estimate of drug-likeness (QED) is 0.781. The fraction of sp³-hybridized carbons (Fsp3) is 0.158. The second kappa shape index (κ2) is 6.21. The molecule has 0 spiro atoms. The van der Waals surface area contributed by atoms with Crippen LogP contribution in [0.25, 0.3) is 11.5 Å². The molecule has 0 saturated carbocycles. The average molecular weight is 333 g/mol. The number of anilines is 1. The summed E-state index contributed by atoms with van der Waals surface area (Å²) >= 11 is 0. The Morgan fingerprint density at radius 1 is 1.16 bits per heavy atom. The molecule has 0 fully saturated rings.